The normalized spacial score (nSPS) is 23.4. The van der Waals surface area contributed by atoms with Gasteiger partial charge in [-0.1, -0.05) is 0 Å². The molecule has 19 heavy (non-hydrogen) atoms. The van der Waals surface area contributed by atoms with Gasteiger partial charge in [-0.3, -0.25) is 0 Å². The Morgan fingerprint density at radius 1 is 1.42 bits per heavy atom. The highest BCUT2D eigenvalue weighted by Crippen LogP contribution is 2.30. The highest BCUT2D eigenvalue weighted by Gasteiger charge is 2.27. The van der Waals surface area contributed by atoms with Crippen LogP contribution in [0.5, 0.6) is 5.75 Å². The fourth-order valence-electron chi connectivity index (χ4n) is 2.35. The van der Waals surface area contributed by atoms with Gasteiger partial charge in [-0.15, -0.1) is 0 Å². The van der Waals surface area contributed by atoms with Gasteiger partial charge < -0.3 is 20.5 Å². The first-order valence-corrected chi connectivity index (χ1v) is 6.91. The summed E-state index contributed by atoms with van der Waals surface area (Å²) in [5.41, 5.74) is 7.61. The largest absolute Gasteiger partial charge is 0.489 e. The van der Waals surface area contributed by atoms with E-state index >= 15 is 0 Å². The minimum absolute atomic E-state index is 0.0105. The van der Waals surface area contributed by atoms with E-state index in [-0.39, 0.29) is 11.6 Å². The van der Waals surface area contributed by atoms with Gasteiger partial charge in [0.2, 0.25) is 0 Å². The van der Waals surface area contributed by atoms with Crippen LogP contribution in [0.4, 0.5) is 11.4 Å². The number of nitrogens with two attached hydrogens (primary N) is 1. The Hall–Kier alpha value is -1.42. The van der Waals surface area contributed by atoms with Gasteiger partial charge >= 0.3 is 0 Å². The molecule has 0 radical (unpaired) electrons. The van der Waals surface area contributed by atoms with Crippen LogP contribution in [0.3, 0.4) is 0 Å². The van der Waals surface area contributed by atoms with E-state index in [0.717, 1.165) is 37.5 Å². The molecule has 1 atom stereocenters. The minimum atomic E-state index is -0.0105. The van der Waals surface area contributed by atoms with E-state index in [0.29, 0.717) is 5.69 Å². The second-order valence-corrected chi connectivity index (χ2v) is 5.76. The van der Waals surface area contributed by atoms with Crippen molar-refractivity contribution in [3.05, 3.63) is 18.2 Å². The molecule has 1 saturated heterocycles. The standard InChI is InChI=1S/C15H24N2O2/c1-11(2)19-14-9-12(5-6-13(14)16)17-15(3)7-4-8-18-10-15/h5-6,9,11,17H,4,7-8,10,16H2,1-3H3. The van der Waals surface area contributed by atoms with Gasteiger partial charge in [0.1, 0.15) is 5.75 Å². The van der Waals surface area contributed by atoms with Crippen molar-refractivity contribution in [2.45, 2.75) is 45.3 Å². The number of benzene rings is 1. The van der Waals surface area contributed by atoms with Crippen molar-refractivity contribution in [3.8, 4) is 5.75 Å². The number of anilines is 2. The lowest BCUT2D eigenvalue weighted by atomic mass is 9.94. The summed E-state index contributed by atoms with van der Waals surface area (Å²) in [4.78, 5) is 0. The third-order valence-electron chi connectivity index (χ3n) is 3.26. The number of nitrogens with one attached hydrogen (secondary N) is 1. The molecule has 0 aliphatic carbocycles. The molecule has 3 N–H and O–H groups in total. The van der Waals surface area contributed by atoms with Crippen LogP contribution in [0.1, 0.15) is 33.6 Å². The van der Waals surface area contributed by atoms with Crippen molar-refractivity contribution in [2.24, 2.45) is 0 Å². The molecular formula is C15H24N2O2. The summed E-state index contributed by atoms with van der Waals surface area (Å²) >= 11 is 0. The Kier molecular flexibility index (Phi) is 4.20. The van der Waals surface area contributed by atoms with Gasteiger partial charge in [0, 0.05) is 18.4 Å². The van der Waals surface area contributed by atoms with Crippen molar-refractivity contribution >= 4 is 11.4 Å². The molecule has 4 heteroatoms. The van der Waals surface area contributed by atoms with Crippen LogP contribution < -0.4 is 15.8 Å². The average Bonchev–Trinajstić information content (AvgIpc) is 2.33. The zero-order chi connectivity index (χ0) is 13.9. The van der Waals surface area contributed by atoms with Crippen LogP contribution in [0.15, 0.2) is 18.2 Å². The summed E-state index contributed by atoms with van der Waals surface area (Å²) in [5.74, 6) is 0.736. The van der Waals surface area contributed by atoms with Crippen LogP contribution in [0.2, 0.25) is 0 Å². The van der Waals surface area contributed by atoms with Crippen molar-refractivity contribution < 1.29 is 9.47 Å². The molecule has 0 saturated carbocycles. The molecule has 1 aliphatic heterocycles. The molecule has 1 aliphatic rings. The van der Waals surface area contributed by atoms with Gasteiger partial charge in [0.15, 0.2) is 0 Å². The highest BCUT2D eigenvalue weighted by molar-refractivity contribution is 5.62. The molecule has 0 aromatic heterocycles. The first-order valence-electron chi connectivity index (χ1n) is 6.91. The van der Waals surface area contributed by atoms with E-state index in [9.17, 15) is 0 Å². The molecule has 1 aromatic rings. The third-order valence-corrected chi connectivity index (χ3v) is 3.26. The Labute approximate surface area is 115 Å². The highest BCUT2D eigenvalue weighted by atomic mass is 16.5. The Morgan fingerprint density at radius 2 is 2.21 bits per heavy atom. The zero-order valence-corrected chi connectivity index (χ0v) is 12.0. The van der Waals surface area contributed by atoms with Crippen LogP contribution in [0.25, 0.3) is 0 Å². The minimum Gasteiger partial charge on any atom is -0.489 e. The van der Waals surface area contributed by atoms with E-state index in [2.05, 4.69) is 12.2 Å². The second kappa shape index (κ2) is 5.70. The van der Waals surface area contributed by atoms with Crippen LogP contribution in [-0.2, 0) is 4.74 Å². The summed E-state index contributed by atoms with van der Waals surface area (Å²) in [7, 11) is 0. The van der Waals surface area contributed by atoms with Gasteiger partial charge in [-0.05, 0) is 45.7 Å². The van der Waals surface area contributed by atoms with Crippen molar-refractivity contribution in [2.75, 3.05) is 24.3 Å². The zero-order valence-electron chi connectivity index (χ0n) is 12.0. The maximum atomic E-state index is 5.93. The van der Waals surface area contributed by atoms with E-state index in [1.807, 2.05) is 32.0 Å². The predicted octanol–water partition coefficient (Wildman–Crippen LogP) is 3.04. The molecular weight excluding hydrogens is 240 g/mol. The molecule has 0 amide bonds. The fourth-order valence-corrected chi connectivity index (χ4v) is 2.35. The van der Waals surface area contributed by atoms with Gasteiger partial charge in [-0.2, -0.15) is 0 Å². The molecule has 1 aromatic carbocycles. The summed E-state index contributed by atoms with van der Waals surface area (Å²) in [6, 6.07) is 5.84. The van der Waals surface area contributed by atoms with Crippen LogP contribution in [-0.4, -0.2) is 24.9 Å². The second-order valence-electron chi connectivity index (χ2n) is 5.76. The lowest BCUT2D eigenvalue weighted by molar-refractivity contribution is 0.0540. The molecule has 0 spiro atoms. The SMILES string of the molecule is CC(C)Oc1cc(NC2(C)CCCOC2)ccc1N. The lowest BCUT2D eigenvalue weighted by Gasteiger charge is -2.35. The molecule has 1 heterocycles. The van der Waals surface area contributed by atoms with E-state index in [1.165, 1.54) is 0 Å². The van der Waals surface area contributed by atoms with Crippen molar-refractivity contribution in [1.82, 2.24) is 0 Å². The number of nitrogen functional groups attached to an aromatic ring is 1. The molecule has 1 unspecified atom stereocenters. The topological polar surface area (TPSA) is 56.5 Å². The first-order chi connectivity index (χ1) is 8.98. The van der Waals surface area contributed by atoms with Crippen LogP contribution in [0, 0.1) is 0 Å². The molecule has 0 bridgehead atoms. The maximum Gasteiger partial charge on any atom is 0.144 e. The van der Waals surface area contributed by atoms with Crippen molar-refractivity contribution in [1.29, 1.82) is 0 Å². The molecule has 2 rings (SSSR count). The summed E-state index contributed by atoms with van der Waals surface area (Å²) in [5, 5.41) is 3.54. The predicted molar refractivity (Wildman–Crippen MR) is 78.7 cm³/mol. The number of rotatable bonds is 4. The Bertz CT molecular complexity index is 426. The smallest absolute Gasteiger partial charge is 0.144 e. The Morgan fingerprint density at radius 3 is 2.84 bits per heavy atom. The number of ether oxygens (including phenoxy) is 2. The van der Waals surface area contributed by atoms with E-state index in [4.69, 9.17) is 15.2 Å². The third kappa shape index (κ3) is 3.77. The molecule has 4 nitrogen and oxygen atoms in total. The summed E-state index contributed by atoms with van der Waals surface area (Å²) in [6.07, 6.45) is 2.32. The summed E-state index contributed by atoms with van der Waals surface area (Å²) < 4.78 is 11.3. The Balaban J connectivity index is 2.11. The van der Waals surface area contributed by atoms with Crippen LogP contribution >= 0.6 is 0 Å². The van der Waals surface area contributed by atoms with Crippen molar-refractivity contribution in [3.63, 3.8) is 0 Å². The molecule has 1 fully saturated rings. The van der Waals surface area contributed by atoms with E-state index < -0.39 is 0 Å². The molecule has 106 valence electrons. The monoisotopic (exact) mass is 264 g/mol. The summed E-state index contributed by atoms with van der Waals surface area (Å²) in [6.45, 7) is 7.77. The fraction of sp³-hybridized carbons (Fsp3) is 0.600. The number of hydrogen-bond donors (Lipinski definition) is 2. The average molecular weight is 264 g/mol. The van der Waals surface area contributed by atoms with Gasteiger partial charge in [0.05, 0.1) is 23.9 Å². The number of hydrogen-bond acceptors (Lipinski definition) is 4. The first kappa shape index (κ1) is 14.0. The van der Waals surface area contributed by atoms with Gasteiger partial charge in [-0.25, -0.2) is 0 Å². The quantitative estimate of drug-likeness (QED) is 0.821. The van der Waals surface area contributed by atoms with E-state index in [1.54, 1.807) is 0 Å². The lowest BCUT2D eigenvalue weighted by Crippen LogP contribution is -2.43. The maximum absolute atomic E-state index is 5.93. The van der Waals surface area contributed by atoms with Gasteiger partial charge in [0.25, 0.3) is 0 Å².